The van der Waals surface area contributed by atoms with Crippen LogP contribution >= 0.6 is 0 Å². The molecular weight excluding hydrogens is 300 g/mol. The Morgan fingerprint density at radius 3 is 2.23 bits per heavy atom. The Hall–Kier alpha value is -1.69. The normalized spacial score (nSPS) is 14.0. The number of benzene rings is 1. The molecule has 0 saturated carbocycles. The second-order valence-electron chi connectivity index (χ2n) is 6.58. The van der Waals surface area contributed by atoms with E-state index < -0.39 is 15.1 Å². The topological polar surface area (TPSA) is 73.1 Å². The molecule has 0 aliphatic carbocycles. The lowest BCUT2D eigenvalue weighted by atomic mass is 9.87. The van der Waals surface area contributed by atoms with E-state index in [1.165, 1.54) is 5.56 Å². The van der Waals surface area contributed by atoms with Gasteiger partial charge in [-0.3, -0.25) is 0 Å². The third-order valence-electron chi connectivity index (χ3n) is 3.62. The molecule has 0 saturated heterocycles. The van der Waals surface area contributed by atoms with Crippen molar-refractivity contribution in [3.63, 3.8) is 0 Å². The second-order valence-corrected chi connectivity index (χ2v) is 8.90. The summed E-state index contributed by atoms with van der Waals surface area (Å²) in [4.78, 5) is 4.01. The van der Waals surface area contributed by atoms with Crippen LogP contribution in [0.2, 0.25) is 0 Å². The van der Waals surface area contributed by atoms with Crippen LogP contribution in [0.4, 0.5) is 0 Å². The maximum atomic E-state index is 12.5. The number of hydrogen-bond acceptors (Lipinski definition) is 5. The molecular formula is C16H22N2O3S. The van der Waals surface area contributed by atoms with Gasteiger partial charge < -0.3 is 4.52 Å². The first-order valence-corrected chi connectivity index (χ1v) is 8.92. The average molecular weight is 322 g/mol. The Morgan fingerprint density at radius 2 is 1.77 bits per heavy atom. The Labute approximate surface area is 131 Å². The van der Waals surface area contributed by atoms with Crippen LogP contribution in [-0.4, -0.2) is 18.6 Å². The number of rotatable bonds is 4. The van der Waals surface area contributed by atoms with E-state index in [0.29, 0.717) is 5.82 Å². The Balaban J connectivity index is 2.18. The van der Waals surface area contributed by atoms with Crippen molar-refractivity contribution >= 4 is 9.84 Å². The zero-order chi connectivity index (χ0) is 16.5. The van der Waals surface area contributed by atoms with Gasteiger partial charge in [-0.05, 0) is 30.4 Å². The number of sulfone groups is 1. The van der Waals surface area contributed by atoms with Crippen molar-refractivity contribution in [2.75, 3.05) is 0 Å². The maximum absolute atomic E-state index is 12.5. The lowest BCUT2D eigenvalue weighted by Crippen LogP contribution is -2.14. The number of aromatic nitrogens is 2. The minimum atomic E-state index is -3.40. The van der Waals surface area contributed by atoms with Crippen molar-refractivity contribution in [2.45, 2.75) is 51.0 Å². The van der Waals surface area contributed by atoms with Gasteiger partial charge in [0, 0.05) is 0 Å². The molecule has 1 heterocycles. The molecule has 1 atom stereocenters. The summed E-state index contributed by atoms with van der Waals surface area (Å²) in [6.07, 6.45) is 0. The van der Waals surface area contributed by atoms with Crippen molar-refractivity contribution in [2.24, 2.45) is 0 Å². The van der Waals surface area contributed by atoms with Gasteiger partial charge in [-0.1, -0.05) is 50.2 Å². The highest BCUT2D eigenvalue weighted by Crippen LogP contribution is 2.26. The van der Waals surface area contributed by atoms with Gasteiger partial charge in [-0.2, -0.15) is 4.98 Å². The summed E-state index contributed by atoms with van der Waals surface area (Å²) in [6.45, 7) is 9.61. The molecule has 2 rings (SSSR count). The van der Waals surface area contributed by atoms with Gasteiger partial charge in [0.1, 0.15) is 5.25 Å². The largest absolute Gasteiger partial charge is 0.338 e. The van der Waals surface area contributed by atoms with Gasteiger partial charge >= 0.3 is 0 Å². The molecule has 5 nitrogen and oxygen atoms in total. The Kier molecular flexibility index (Phi) is 4.42. The van der Waals surface area contributed by atoms with Crippen molar-refractivity contribution in [1.82, 2.24) is 10.1 Å². The molecule has 0 unspecified atom stereocenters. The molecule has 120 valence electrons. The van der Waals surface area contributed by atoms with Crippen LogP contribution in [0, 0.1) is 6.92 Å². The fourth-order valence-corrected chi connectivity index (χ4v) is 3.40. The summed E-state index contributed by atoms with van der Waals surface area (Å²) in [5, 5.41) is 2.84. The zero-order valence-corrected chi connectivity index (χ0v) is 14.4. The van der Waals surface area contributed by atoms with Crippen LogP contribution in [0.15, 0.2) is 28.8 Å². The zero-order valence-electron chi connectivity index (χ0n) is 13.6. The van der Waals surface area contributed by atoms with Crippen molar-refractivity contribution in [3.8, 4) is 0 Å². The minimum absolute atomic E-state index is 0.0416. The first-order valence-electron chi connectivity index (χ1n) is 7.21. The molecule has 0 aliphatic heterocycles. The standard InChI is InChI=1S/C16H22N2O3S/c1-11(15-17-12(2)18-21-15)22(19,20)10-13-6-8-14(9-7-13)16(3,4)5/h6-9,11H,10H2,1-5H3/t11-/m0/s1. The fourth-order valence-electron chi connectivity index (χ4n) is 2.09. The summed E-state index contributed by atoms with van der Waals surface area (Å²) < 4.78 is 29.9. The molecule has 0 aliphatic rings. The summed E-state index contributed by atoms with van der Waals surface area (Å²) in [7, 11) is -3.40. The van der Waals surface area contributed by atoms with Crippen molar-refractivity contribution in [1.29, 1.82) is 0 Å². The van der Waals surface area contributed by atoms with E-state index in [-0.39, 0.29) is 17.1 Å². The molecule has 1 aromatic carbocycles. The van der Waals surface area contributed by atoms with Crippen LogP contribution in [0.1, 0.15) is 55.8 Å². The SMILES string of the molecule is Cc1noc([C@H](C)S(=O)(=O)Cc2ccc(C(C)(C)C)cc2)n1. The third-order valence-corrected chi connectivity index (χ3v) is 5.63. The van der Waals surface area contributed by atoms with E-state index in [9.17, 15) is 8.42 Å². The molecule has 0 radical (unpaired) electrons. The molecule has 0 bridgehead atoms. The van der Waals surface area contributed by atoms with Gasteiger partial charge in [0.25, 0.3) is 0 Å². The molecule has 0 fully saturated rings. The maximum Gasteiger partial charge on any atom is 0.244 e. The molecule has 0 N–H and O–H groups in total. The van der Waals surface area contributed by atoms with E-state index in [4.69, 9.17) is 4.52 Å². The van der Waals surface area contributed by atoms with Gasteiger partial charge in [0.2, 0.25) is 5.89 Å². The van der Waals surface area contributed by atoms with Crippen LogP contribution in [0.5, 0.6) is 0 Å². The summed E-state index contributed by atoms with van der Waals surface area (Å²) in [5.41, 5.74) is 1.98. The fraction of sp³-hybridized carbons (Fsp3) is 0.500. The van der Waals surface area contributed by atoms with Crippen LogP contribution < -0.4 is 0 Å². The molecule has 0 amide bonds. The lowest BCUT2D eigenvalue weighted by Gasteiger charge is -2.19. The quantitative estimate of drug-likeness (QED) is 0.863. The molecule has 1 aromatic heterocycles. The first kappa shape index (κ1) is 16.7. The number of aryl methyl sites for hydroxylation is 1. The summed E-state index contributed by atoms with van der Waals surface area (Å²) >= 11 is 0. The monoisotopic (exact) mass is 322 g/mol. The second kappa shape index (κ2) is 5.83. The molecule has 2 aromatic rings. The highest BCUT2D eigenvalue weighted by molar-refractivity contribution is 7.90. The van der Waals surface area contributed by atoms with Crippen molar-refractivity contribution < 1.29 is 12.9 Å². The minimum Gasteiger partial charge on any atom is -0.338 e. The predicted octanol–water partition coefficient (Wildman–Crippen LogP) is 3.35. The Bertz CT molecular complexity index is 740. The highest BCUT2D eigenvalue weighted by Gasteiger charge is 2.28. The smallest absolute Gasteiger partial charge is 0.244 e. The lowest BCUT2D eigenvalue weighted by molar-refractivity contribution is 0.373. The van der Waals surface area contributed by atoms with E-state index in [1.54, 1.807) is 13.8 Å². The van der Waals surface area contributed by atoms with Crippen molar-refractivity contribution in [3.05, 3.63) is 47.1 Å². The van der Waals surface area contributed by atoms with Gasteiger partial charge in [-0.15, -0.1) is 0 Å². The summed E-state index contributed by atoms with van der Waals surface area (Å²) in [6, 6.07) is 7.69. The molecule has 0 spiro atoms. The van der Waals surface area contributed by atoms with Crippen LogP contribution in [0.25, 0.3) is 0 Å². The summed E-state index contributed by atoms with van der Waals surface area (Å²) in [5.74, 6) is 0.537. The van der Waals surface area contributed by atoms with E-state index in [0.717, 1.165) is 5.56 Å². The Morgan fingerprint density at radius 1 is 1.18 bits per heavy atom. The highest BCUT2D eigenvalue weighted by atomic mass is 32.2. The molecule has 6 heteroatoms. The van der Waals surface area contributed by atoms with E-state index in [2.05, 4.69) is 30.9 Å². The predicted molar refractivity (Wildman–Crippen MR) is 85.2 cm³/mol. The van der Waals surface area contributed by atoms with Gasteiger partial charge in [0.05, 0.1) is 5.75 Å². The van der Waals surface area contributed by atoms with Crippen LogP contribution in [-0.2, 0) is 21.0 Å². The van der Waals surface area contributed by atoms with Gasteiger partial charge in [-0.25, -0.2) is 8.42 Å². The van der Waals surface area contributed by atoms with E-state index >= 15 is 0 Å². The van der Waals surface area contributed by atoms with Gasteiger partial charge in [0.15, 0.2) is 15.7 Å². The third kappa shape index (κ3) is 3.74. The first-order chi connectivity index (χ1) is 10.1. The average Bonchev–Trinajstić information content (AvgIpc) is 2.83. The van der Waals surface area contributed by atoms with E-state index in [1.807, 2.05) is 24.3 Å². The molecule has 22 heavy (non-hydrogen) atoms. The van der Waals surface area contributed by atoms with Crippen LogP contribution in [0.3, 0.4) is 0 Å². The number of hydrogen-bond donors (Lipinski definition) is 0. The number of nitrogens with zero attached hydrogens (tertiary/aromatic N) is 2.